The van der Waals surface area contributed by atoms with Crippen molar-refractivity contribution in [2.24, 2.45) is 0 Å². The molecule has 5 nitrogen and oxygen atoms in total. The molecule has 20 heavy (non-hydrogen) atoms. The number of β-amino-alcohol motifs (C(OH)–C–C–N with tert-alkyl or cyclic N) is 2. The van der Waals surface area contributed by atoms with Crippen LogP contribution in [-0.2, 0) is 6.54 Å². The smallest absolute Gasteiger partial charge is 0.226 e. The Bertz CT molecular complexity index is 574. The van der Waals surface area contributed by atoms with E-state index >= 15 is 0 Å². The summed E-state index contributed by atoms with van der Waals surface area (Å²) in [6.07, 6.45) is 0.233. The highest BCUT2D eigenvalue weighted by atomic mass is 35.5. The third-order valence-corrected chi connectivity index (χ3v) is 3.62. The predicted octanol–water partition coefficient (Wildman–Crippen LogP) is 1.53. The van der Waals surface area contributed by atoms with E-state index in [-0.39, 0.29) is 0 Å². The first kappa shape index (κ1) is 13.6. The van der Waals surface area contributed by atoms with Gasteiger partial charge in [0, 0.05) is 30.2 Å². The van der Waals surface area contributed by atoms with Gasteiger partial charge in [0.15, 0.2) is 0 Å². The molecule has 106 valence electrons. The van der Waals surface area contributed by atoms with Gasteiger partial charge < -0.3 is 14.6 Å². The summed E-state index contributed by atoms with van der Waals surface area (Å²) in [7, 11) is 0. The lowest BCUT2D eigenvalue weighted by Crippen LogP contribution is -2.22. The van der Waals surface area contributed by atoms with Crippen LogP contribution in [-0.4, -0.2) is 45.4 Å². The number of hydrogen-bond donors (Lipinski definition) is 2. The number of aliphatic hydroxyl groups is 2. The van der Waals surface area contributed by atoms with Gasteiger partial charge in [-0.3, -0.25) is 4.90 Å². The van der Waals surface area contributed by atoms with Gasteiger partial charge in [-0.1, -0.05) is 11.6 Å². The second-order valence-corrected chi connectivity index (χ2v) is 5.42. The van der Waals surface area contributed by atoms with Crippen molar-refractivity contribution in [2.75, 3.05) is 13.1 Å². The highest BCUT2D eigenvalue weighted by molar-refractivity contribution is 6.30. The minimum Gasteiger partial charge on any atom is -0.444 e. The van der Waals surface area contributed by atoms with Crippen LogP contribution in [0, 0.1) is 0 Å². The van der Waals surface area contributed by atoms with Crippen molar-refractivity contribution in [1.29, 1.82) is 0 Å². The number of halogens is 1. The second kappa shape index (κ2) is 5.54. The molecule has 0 aliphatic carbocycles. The van der Waals surface area contributed by atoms with Crippen LogP contribution in [0.1, 0.15) is 5.69 Å². The average molecular weight is 295 g/mol. The molecule has 2 atom stereocenters. The fourth-order valence-electron chi connectivity index (χ4n) is 2.31. The van der Waals surface area contributed by atoms with E-state index < -0.39 is 12.2 Å². The monoisotopic (exact) mass is 294 g/mol. The molecule has 1 saturated heterocycles. The van der Waals surface area contributed by atoms with E-state index in [1.54, 1.807) is 18.4 Å². The van der Waals surface area contributed by atoms with E-state index in [2.05, 4.69) is 4.98 Å². The SMILES string of the molecule is O[C@@H]1CN(Cc2coc(-c3ccc(Cl)cc3)n2)C[C@@H]1O. The van der Waals surface area contributed by atoms with Crippen LogP contribution in [0.15, 0.2) is 34.9 Å². The molecule has 0 bridgehead atoms. The predicted molar refractivity (Wildman–Crippen MR) is 74.2 cm³/mol. The number of aromatic nitrogens is 1. The number of likely N-dealkylation sites (tertiary alicyclic amines) is 1. The summed E-state index contributed by atoms with van der Waals surface area (Å²) in [6, 6.07) is 7.27. The first-order chi connectivity index (χ1) is 9.61. The van der Waals surface area contributed by atoms with E-state index in [1.165, 1.54) is 0 Å². The Hall–Kier alpha value is -1.40. The molecule has 0 amide bonds. The molecular weight excluding hydrogens is 280 g/mol. The van der Waals surface area contributed by atoms with E-state index in [4.69, 9.17) is 16.0 Å². The van der Waals surface area contributed by atoms with Gasteiger partial charge in [0.25, 0.3) is 0 Å². The molecule has 0 radical (unpaired) electrons. The topological polar surface area (TPSA) is 69.7 Å². The normalized spacial score (nSPS) is 23.4. The quantitative estimate of drug-likeness (QED) is 0.898. The molecule has 1 fully saturated rings. The van der Waals surface area contributed by atoms with Crippen molar-refractivity contribution >= 4 is 11.6 Å². The van der Waals surface area contributed by atoms with Crippen molar-refractivity contribution in [3.8, 4) is 11.5 Å². The molecule has 0 spiro atoms. The lowest BCUT2D eigenvalue weighted by Gasteiger charge is -2.11. The molecular formula is C14H15ClN2O3. The molecule has 3 rings (SSSR count). The largest absolute Gasteiger partial charge is 0.444 e. The van der Waals surface area contributed by atoms with Crippen LogP contribution in [0.5, 0.6) is 0 Å². The second-order valence-electron chi connectivity index (χ2n) is 4.98. The maximum Gasteiger partial charge on any atom is 0.226 e. The standard InChI is InChI=1S/C14H15ClN2O3/c15-10-3-1-9(2-4-10)14-16-11(8-20-14)5-17-6-12(18)13(19)7-17/h1-4,8,12-13,18-19H,5-7H2/t12-,13+. The van der Waals surface area contributed by atoms with Crippen molar-refractivity contribution in [2.45, 2.75) is 18.8 Å². The molecule has 2 heterocycles. The molecule has 2 N–H and O–H groups in total. The molecule has 1 aromatic carbocycles. The molecule has 0 saturated carbocycles. The minimum absolute atomic E-state index is 0.449. The molecule has 1 aliphatic heterocycles. The summed E-state index contributed by atoms with van der Waals surface area (Å²) in [6.45, 7) is 1.44. The molecule has 2 aromatic rings. The average Bonchev–Trinajstić information content (AvgIpc) is 2.99. The molecule has 1 aliphatic rings. The first-order valence-electron chi connectivity index (χ1n) is 6.40. The summed E-state index contributed by atoms with van der Waals surface area (Å²) < 4.78 is 5.45. The Morgan fingerprint density at radius 1 is 1.20 bits per heavy atom. The van der Waals surface area contributed by atoms with E-state index in [1.807, 2.05) is 17.0 Å². The van der Waals surface area contributed by atoms with Crippen LogP contribution in [0.2, 0.25) is 5.02 Å². The molecule has 6 heteroatoms. The van der Waals surface area contributed by atoms with Gasteiger partial charge in [0.2, 0.25) is 5.89 Å². The lowest BCUT2D eigenvalue weighted by atomic mass is 10.2. The van der Waals surface area contributed by atoms with Crippen molar-refractivity contribution in [3.63, 3.8) is 0 Å². The number of aliphatic hydroxyl groups excluding tert-OH is 2. The number of benzene rings is 1. The number of hydrogen-bond acceptors (Lipinski definition) is 5. The zero-order valence-electron chi connectivity index (χ0n) is 10.7. The zero-order chi connectivity index (χ0) is 14.1. The third kappa shape index (κ3) is 2.86. The van der Waals surface area contributed by atoms with Crippen LogP contribution in [0.3, 0.4) is 0 Å². The van der Waals surface area contributed by atoms with Crippen LogP contribution >= 0.6 is 11.6 Å². The van der Waals surface area contributed by atoms with E-state index in [9.17, 15) is 10.2 Å². The van der Waals surface area contributed by atoms with E-state index in [0.29, 0.717) is 30.5 Å². The summed E-state index contributed by atoms with van der Waals surface area (Å²) in [5, 5.41) is 19.7. The summed E-state index contributed by atoms with van der Waals surface area (Å²) in [5.41, 5.74) is 1.64. The number of rotatable bonds is 3. The Morgan fingerprint density at radius 2 is 1.85 bits per heavy atom. The molecule has 1 aromatic heterocycles. The Kier molecular flexibility index (Phi) is 3.76. The molecule has 0 unspecified atom stereocenters. The third-order valence-electron chi connectivity index (χ3n) is 3.36. The van der Waals surface area contributed by atoms with Gasteiger partial charge in [-0.2, -0.15) is 0 Å². The maximum atomic E-state index is 9.51. The fourth-order valence-corrected chi connectivity index (χ4v) is 2.44. The van der Waals surface area contributed by atoms with Gasteiger partial charge in [-0.25, -0.2) is 4.98 Å². The Balaban J connectivity index is 1.69. The van der Waals surface area contributed by atoms with Gasteiger partial charge in [0.05, 0.1) is 17.9 Å². The van der Waals surface area contributed by atoms with Crippen molar-refractivity contribution < 1.29 is 14.6 Å². The van der Waals surface area contributed by atoms with Crippen LogP contribution < -0.4 is 0 Å². The van der Waals surface area contributed by atoms with Crippen molar-refractivity contribution in [3.05, 3.63) is 41.2 Å². The van der Waals surface area contributed by atoms with Gasteiger partial charge in [-0.15, -0.1) is 0 Å². The number of oxazole rings is 1. The van der Waals surface area contributed by atoms with Gasteiger partial charge >= 0.3 is 0 Å². The highest BCUT2D eigenvalue weighted by Crippen LogP contribution is 2.22. The lowest BCUT2D eigenvalue weighted by molar-refractivity contribution is 0.0572. The highest BCUT2D eigenvalue weighted by Gasteiger charge is 2.29. The van der Waals surface area contributed by atoms with Crippen LogP contribution in [0.25, 0.3) is 11.5 Å². The zero-order valence-corrected chi connectivity index (χ0v) is 11.5. The van der Waals surface area contributed by atoms with Gasteiger partial charge in [0.1, 0.15) is 6.26 Å². The maximum absolute atomic E-state index is 9.51. The Labute approximate surface area is 121 Å². The summed E-state index contributed by atoms with van der Waals surface area (Å²) in [4.78, 5) is 6.35. The van der Waals surface area contributed by atoms with Gasteiger partial charge in [-0.05, 0) is 24.3 Å². The van der Waals surface area contributed by atoms with E-state index in [0.717, 1.165) is 11.3 Å². The minimum atomic E-state index is -0.683. The fraction of sp³-hybridized carbons (Fsp3) is 0.357. The summed E-state index contributed by atoms with van der Waals surface area (Å²) >= 11 is 5.84. The Morgan fingerprint density at radius 3 is 2.50 bits per heavy atom. The van der Waals surface area contributed by atoms with Crippen LogP contribution in [0.4, 0.5) is 0 Å². The number of nitrogens with zero attached hydrogens (tertiary/aromatic N) is 2. The summed E-state index contributed by atoms with van der Waals surface area (Å²) in [5.74, 6) is 0.539. The van der Waals surface area contributed by atoms with Crippen molar-refractivity contribution in [1.82, 2.24) is 9.88 Å². The first-order valence-corrected chi connectivity index (χ1v) is 6.78.